The van der Waals surface area contributed by atoms with E-state index in [1.165, 1.54) is 58.2 Å². The molecule has 0 aliphatic heterocycles. The Morgan fingerprint density at radius 2 is 1.90 bits per heavy atom. The summed E-state index contributed by atoms with van der Waals surface area (Å²) in [5.41, 5.74) is 0. The molecule has 1 aliphatic rings. The Labute approximate surface area is 127 Å². The van der Waals surface area contributed by atoms with E-state index in [9.17, 15) is 0 Å². The molecule has 0 bridgehead atoms. The summed E-state index contributed by atoms with van der Waals surface area (Å²) in [5.74, 6) is 2.62. The zero-order valence-corrected chi connectivity index (χ0v) is 14.6. The highest BCUT2D eigenvalue weighted by Crippen LogP contribution is 2.32. The molecule has 0 heterocycles. The summed E-state index contributed by atoms with van der Waals surface area (Å²) in [6.07, 6.45) is 8.32. The van der Waals surface area contributed by atoms with E-state index in [-0.39, 0.29) is 0 Å². The lowest BCUT2D eigenvalue weighted by molar-refractivity contribution is 0.143. The molecule has 0 radical (unpaired) electrons. The molecule has 0 aromatic carbocycles. The van der Waals surface area contributed by atoms with Gasteiger partial charge in [-0.25, -0.2) is 0 Å². The van der Waals surface area contributed by atoms with Crippen LogP contribution in [0.5, 0.6) is 0 Å². The highest BCUT2D eigenvalue weighted by atomic mass is 15.1. The molecule has 1 fully saturated rings. The molecule has 1 aliphatic carbocycles. The lowest BCUT2D eigenvalue weighted by Crippen LogP contribution is -2.46. The first-order valence-electron chi connectivity index (χ1n) is 8.98. The maximum Gasteiger partial charge on any atom is 0.0108 e. The van der Waals surface area contributed by atoms with Crippen molar-refractivity contribution >= 4 is 0 Å². The fourth-order valence-electron chi connectivity index (χ4n) is 3.93. The molecule has 3 unspecified atom stereocenters. The van der Waals surface area contributed by atoms with E-state index in [1.807, 2.05) is 0 Å². The molecule has 3 atom stereocenters. The summed E-state index contributed by atoms with van der Waals surface area (Å²) < 4.78 is 0. The van der Waals surface area contributed by atoms with E-state index in [2.05, 4.69) is 45.0 Å². The minimum absolute atomic E-state index is 0.762. The second-order valence-corrected chi connectivity index (χ2v) is 7.40. The van der Waals surface area contributed by atoms with Crippen molar-refractivity contribution < 1.29 is 0 Å². The van der Waals surface area contributed by atoms with Gasteiger partial charge in [0.05, 0.1) is 0 Å². The van der Waals surface area contributed by atoms with Crippen molar-refractivity contribution in [2.24, 2.45) is 17.8 Å². The van der Waals surface area contributed by atoms with Crippen LogP contribution in [0.15, 0.2) is 0 Å². The monoisotopic (exact) mass is 282 g/mol. The zero-order valence-electron chi connectivity index (χ0n) is 14.6. The molecule has 0 amide bonds. The van der Waals surface area contributed by atoms with E-state index in [0.29, 0.717) is 0 Å². The first-order chi connectivity index (χ1) is 9.56. The predicted octanol–water partition coefficient (Wildman–Crippen LogP) is 4.16. The van der Waals surface area contributed by atoms with Crippen molar-refractivity contribution in [1.29, 1.82) is 0 Å². The van der Waals surface area contributed by atoms with Crippen molar-refractivity contribution in [3.05, 3.63) is 0 Å². The van der Waals surface area contributed by atoms with Gasteiger partial charge in [0.2, 0.25) is 0 Å². The molecule has 1 rings (SSSR count). The van der Waals surface area contributed by atoms with Gasteiger partial charge in [-0.1, -0.05) is 40.5 Å². The van der Waals surface area contributed by atoms with Gasteiger partial charge in [-0.15, -0.1) is 0 Å². The minimum atomic E-state index is 0.762. The Kier molecular flexibility index (Phi) is 8.79. The molecule has 0 saturated heterocycles. The smallest absolute Gasteiger partial charge is 0.0108 e. The molecule has 0 aromatic rings. The predicted molar refractivity (Wildman–Crippen MR) is 90.2 cm³/mol. The van der Waals surface area contributed by atoms with Crippen LogP contribution in [0.4, 0.5) is 0 Å². The van der Waals surface area contributed by atoms with Gasteiger partial charge in [-0.3, -0.25) is 0 Å². The van der Waals surface area contributed by atoms with E-state index in [4.69, 9.17) is 0 Å². The number of nitrogens with one attached hydrogen (secondary N) is 1. The average molecular weight is 283 g/mol. The van der Waals surface area contributed by atoms with E-state index >= 15 is 0 Å². The molecule has 2 nitrogen and oxygen atoms in total. The lowest BCUT2D eigenvalue weighted by Gasteiger charge is -2.39. The molecule has 20 heavy (non-hydrogen) atoms. The maximum atomic E-state index is 3.82. The Morgan fingerprint density at radius 1 is 1.15 bits per heavy atom. The largest absolute Gasteiger partial charge is 0.314 e. The Balaban J connectivity index is 2.51. The molecular weight excluding hydrogens is 244 g/mol. The van der Waals surface area contributed by atoms with E-state index in [0.717, 1.165) is 23.8 Å². The van der Waals surface area contributed by atoms with E-state index < -0.39 is 0 Å². The van der Waals surface area contributed by atoms with Crippen molar-refractivity contribution in [2.45, 2.75) is 72.3 Å². The minimum Gasteiger partial charge on any atom is -0.314 e. The summed E-state index contributed by atoms with van der Waals surface area (Å²) in [6, 6.07) is 0.762. The first kappa shape index (κ1) is 18.0. The highest BCUT2D eigenvalue weighted by Gasteiger charge is 2.30. The topological polar surface area (TPSA) is 15.3 Å². The van der Waals surface area contributed by atoms with Gasteiger partial charge >= 0.3 is 0 Å². The standard InChI is InChI=1S/C18H38N2/c1-6-8-16-9-10-18(19-11-7-2)17(12-16)14-20(5)13-15(3)4/h15-19H,6-14H2,1-5H3. The average Bonchev–Trinajstić information content (AvgIpc) is 2.37. The van der Waals surface area contributed by atoms with Crippen LogP contribution in [0.2, 0.25) is 0 Å². The van der Waals surface area contributed by atoms with Crippen LogP contribution in [-0.2, 0) is 0 Å². The Hall–Kier alpha value is -0.0800. The lowest BCUT2D eigenvalue weighted by atomic mass is 9.76. The molecule has 0 aromatic heterocycles. The number of hydrogen-bond acceptors (Lipinski definition) is 2. The van der Waals surface area contributed by atoms with Gasteiger partial charge < -0.3 is 10.2 Å². The third-order valence-corrected chi connectivity index (χ3v) is 4.67. The van der Waals surface area contributed by atoms with Crippen LogP contribution in [0.1, 0.15) is 66.2 Å². The van der Waals surface area contributed by atoms with Crippen LogP contribution >= 0.6 is 0 Å². The number of hydrogen-bond donors (Lipinski definition) is 1. The van der Waals surface area contributed by atoms with Crippen molar-refractivity contribution in [1.82, 2.24) is 10.2 Å². The summed E-state index contributed by atoms with van der Waals surface area (Å²) in [4.78, 5) is 2.56. The van der Waals surface area contributed by atoms with Crippen molar-refractivity contribution in [2.75, 3.05) is 26.7 Å². The van der Waals surface area contributed by atoms with Gasteiger partial charge in [-0.05, 0) is 57.0 Å². The normalized spacial score (nSPS) is 27.4. The molecular formula is C18H38N2. The van der Waals surface area contributed by atoms with Gasteiger partial charge in [0.25, 0.3) is 0 Å². The molecule has 1 saturated carbocycles. The van der Waals surface area contributed by atoms with Gasteiger partial charge in [0, 0.05) is 19.1 Å². The third kappa shape index (κ3) is 6.58. The Morgan fingerprint density at radius 3 is 2.50 bits per heavy atom. The fourth-order valence-corrected chi connectivity index (χ4v) is 3.93. The van der Waals surface area contributed by atoms with Crippen LogP contribution in [-0.4, -0.2) is 37.6 Å². The second kappa shape index (κ2) is 9.78. The van der Waals surface area contributed by atoms with Crippen LogP contribution in [0.3, 0.4) is 0 Å². The summed E-state index contributed by atoms with van der Waals surface area (Å²) in [7, 11) is 2.31. The summed E-state index contributed by atoms with van der Waals surface area (Å²) in [6.45, 7) is 13.0. The van der Waals surface area contributed by atoms with Crippen LogP contribution < -0.4 is 5.32 Å². The van der Waals surface area contributed by atoms with Crippen molar-refractivity contribution in [3.63, 3.8) is 0 Å². The SMILES string of the molecule is CCCNC1CCC(CCC)CC1CN(C)CC(C)C. The quantitative estimate of drug-likeness (QED) is 0.683. The van der Waals surface area contributed by atoms with Gasteiger partial charge in [0.1, 0.15) is 0 Å². The molecule has 0 spiro atoms. The third-order valence-electron chi connectivity index (χ3n) is 4.67. The zero-order chi connectivity index (χ0) is 15.0. The summed E-state index contributed by atoms with van der Waals surface area (Å²) in [5, 5.41) is 3.82. The molecule has 2 heteroatoms. The second-order valence-electron chi connectivity index (χ2n) is 7.40. The number of rotatable bonds is 9. The fraction of sp³-hybridized carbons (Fsp3) is 1.00. The number of nitrogens with zero attached hydrogens (tertiary/aromatic N) is 1. The maximum absolute atomic E-state index is 3.82. The van der Waals surface area contributed by atoms with Crippen LogP contribution in [0.25, 0.3) is 0 Å². The first-order valence-corrected chi connectivity index (χ1v) is 8.98. The van der Waals surface area contributed by atoms with Gasteiger partial charge in [0.15, 0.2) is 0 Å². The van der Waals surface area contributed by atoms with Gasteiger partial charge in [-0.2, -0.15) is 0 Å². The molecule has 120 valence electrons. The van der Waals surface area contributed by atoms with E-state index in [1.54, 1.807) is 0 Å². The highest BCUT2D eigenvalue weighted by molar-refractivity contribution is 4.86. The Bertz CT molecular complexity index is 240. The van der Waals surface area contributed by atoms with Crippen molar-refractivity contribution in [3.8, 4) is 0 Å². The molecule has 1 N–H and O–H groups in total. The summed E-state index contributed by atoms with van der Waals surface area (Å²) >= 11 is 0. The van der Waals surface area contributed by atoms with Crippen LogP contribution in [0, 0.1) is 17.8 Å².